The normalized spacial score (nSPS) is 17.0. The summed E-state index contributed by atoms with van der Waals surface area (Å²) in [6.45, 7) is 4.98. The average molecular weight is 455 g/mol. The highest BCUT2D eigenvalue weighted by Crippen LogP contribution is 2.25. The number of aromatic nitrogens is 5. The second kappa shape index (κ2) is 9.91. The van der Waals surface area contributed by atoms with Gasteiger partial charge in [-0.15, -0.1) is 5.10 Å². The highest BCUT2D eigenvalue weighted by Gasteiger charge is 2.22. The van der Waals surface area contributed by atoms with Gasteiger partial charge in [-0.2, -0.15) is 4.98 Å². The highest BCUT2D eigenvalue weighted by atomic mass is 16.5. The van der Waals surface area contributed by atoms with Crippen LogP contribution in [0.25, 0.3) is 5.65 Å². The van der Waals surface area contributed by atoms with Crippen LogP contribution in [0.1, 0.15) is 59.0 Å². The van der Waals surface area contributed by atoms with E-state index in [0.29, 0.717) is 24.5 Å². The van der Waals surface area contributed by atoms with E-state index in [1.165, 1.54) is 0 Å². The van der Waals surface area contributed by atoms with Gasteiger partial charge in [0.1, 0.15) is 5.82 Å². The summed E-state index contributed by atoms with van der Waals surface area (Å²) in [5, 5.41) is 4.47. The number of hydrogen-bond donors (Lipinski definition) is 1. The van der Waals surface area contributed by atoms with Crippen LogP contribution in [0, 0.1) is 6.92 Å². The van der Waals surface area contributed by atoms with Crippen molar-refractivity contribution in [1.29, 1.82) is 0 Å². The van der Waals surface area contributed by atoms with Gasteiger partial charge in [0.05, 0.1) is 18.0 Å². The monoisotopic (exact) mass is 454 g/mol. The molecule has 9 heteroatoms. The van der Waals surface area contributed by atoms with Gasteiger partial charge < -0.3 is 20.3 Å². The van der Waals surface area contributed by atoms with Crippen LogP contribution in [-0.2, 0) is 6.42 Å². The number of pyridine rings is 1. The van der Waals surface area contributed by atoms with Gasteiger partial charge in [-0.3, -0.25) is 0 Å². The Kier molecular flexibility index (Phi) is 6.20. The number of nitrogens with two attached hydrogens (primary N) is 1. The minimum atomic E-state index is -1.14. The van der Waals surface area contributed by atoms with Crippen LogP contribution in [0.2, 0.25) is 0 Å². The number of nitrogen functional groups attached to an aromatic ring is 1. The van der Waals surface area contributed by atoms with E-state index < -0.39 is 13.0 Å². The molecule has 0 saturated carbocycles. The van der Waals surface area contributed by atoms with E-state index in [4.69, 9.17) is 18.2 Å². The molecule has 0 aliphatic carbocycles. The lowest BCUT2D eigenvalue weighted by Crippen LogP contribution is -2.42. The predicted molar refractivity (Wildman–Crippen MR) is 131 cm³/mol. The van der Waals surface area contributed by atoms with Crippen LogP contribution < -0.4 is 15.4 Å². The van der Waals surface area contributed by atoms with E-state index in [-0.39, 0.29) is 11.8 Å². The van der Waals surface area contributed by atoms with Gasteiger partial charge in [0.15, 0.2) is 11.5 Å². The van der Waals surface area contributed by atoms with Crippen molar-refractivity contribution in [3.63, 3.8) is 0 Å². The lowest BCUT2D eigenvalue weighted by molar-refractivity contribution is 0.189. The molecule has 0 unspecified atom stereocenters. The molecule has 0 radical (unpaired) electrons. The summed E-state index contributed by atoms with van der Waals surface area (Å²) < 4.78 is 22.9. The van der Waals surface area contributed by atoms with E-state index >= 15 is 0 Å². The van der Waals surface area contributed by atoms with Gasteiger partial charge in [-0.05, 0) is 58.3 Å². The second-order valence-electron chi connectivity index (χ2n) is 9.05. The fourth-order valence-corrected chi connectivity index (χ4v) is 4.43. The van der Waals surface area contributed by atoms with E-state index in [2.05, 4.69) is 52.0 Å². The summed E-state index contributed by atoms with van der Waals surface area (Å²) in [6, 6.07) is 2.86. The Morgan fingerprint density at radius 3 is 2.73 bits per heavy atom. The number of ether oxygens (including phenoxy) is 1. The number of imidazole rings is 1. The molecular weight excluding hydrogens is 416 g/mol. The maximum Gasteiger partial charge on any atom is 0.336 e. The molecule has 178 valence electrons. The van der Waals surface area contributed by atoms with Gasteiger partial charge in [0.25, 0.3) is 0 Å². The molecule has 0 amide bonds. The summed E-state index contributed by atoms with van der Waals surface area (Å²) in [7, 11) is 4.30. The molecule has 1 fully saturated rings. The lowest BCUT2D eigenvalue weighted by atomic mass is 10.0. The van der Waals surface area contributed by atoms with Gasteiger partial charge in [-0.1, -0.05) is 19.4 Å². The van der Waals surface area contributed by atoms with Crippen LogP contribution >= 0.6 is 0 Å². The number of anilines is 2. The molecule has 1 aliphatic heterocycles. The Balaban J connectivity index is 1.52. The largest absolute Gasteiger partial charge is 0.459 e. The van der Waals surface area contributed by atoms with Crippen molar-refractivity contribution in [2.45, 2.75) is 65.0 Å². The fourth-order valence-electron chi connectivity index (χ4n) is 4.43. The van der Waals surface area contributed by atoms with Crippen molar-refractivity contribution in [2.75, 3.05) is 37.8 Å². The first-order valence-electron chi connectivity index (χ1n) is 12.8. The van der Waals surface area contributed by atoms with Crippen molar-refractivity contribution in [3.05, 3.63) is 35.3 Å². The lowest BCUT2D eigenvalue weighted by Gasteiger charge is -2.36. The van der Waals surface area contributed by atoms with Crippen LogP contribution in [0.15, 0.2) is 18.5 Å². The van der Waals surface area contributed by atoms with Crippen molar-refractivity contribution >= 4 is 17.3 Å². The van der Waals surface area contributed by atoms with E-state index in [1.807, 2.05) is 13.1 Å². The quantitative estimate of drug-likeness (QED) is 0.554. The number of hydrogen-bond acceptors (Lipinski definition) is 8. The Morgan fingerprint density at radius 1 is 1.27 bits per heavy atom. The van der Waals surface area contributed by atoms with Crippen LogP contribution in [0.4, 0.5) is 11.6 Å². The minimum Gasteiger partial charge on any atom is -0.459 e. The summed E-state index contributed by atoms with van der Waals surface area (Å²) in [4.78, 5) is 18.1. The molecule has 0 bridgehead atoms. The van der Waals surface area contributed by atoms with Crippen molar-refractivity contribution in [3.8, 4) is 6.01 Å². The first-order chi connectivity index (χ1) is 16.8. The maximum atomic E-state index is 7.73. The molecule has 1 saturated heterocycles. The Bertz CT molecular complexity index is 1140. The third-order valence-corrected chi connectivity index (χ3v) is 6.26. The molecule has 1 atom stereocenters. The topological polar surface area (TPSA) is 97.7 Å². The van der Waals surface area contributed by atoms with Gasteiger partial charge in [-0.25, -0.2) is 14.5 Å². The zero-order chi connectivity index (χ0) is 25.1. The Labute approximate surface area is 198 Å². The standard InChI is InChI=1S/C24H36N8O/c1-6-7-17(3)33-24-28-21(25)23-27-15-20(32(23)29-24)13-18-12-16(2)22(26-14-18)31-10-8-19(9-11-31)30(4)5/h12,14-15,17,19H,6-11,13H2,1-5H3,(H2,25,28,29)/t17-/m1/s1/i3D2. The SMILES string of the molecule is [2H]C([2H])[C@H](CCC)Oc1nc(N)c2ncc(Cc3cnc(N4CCC(N(C)C)CC4)c(C)c3)n2n1. The molecule has 4 heterocycles. The number of fused-ring (bicyclic) bond motifs is 1. The fraction of sp³-hybridized carbons (Fsp3) is 0.583. The van der Waals surface area contributed by atoms with E-state index in [1.54, 1.807) is 10.7 Å². The molecule has 0 spiro atoms. The van der Waals surface area contributed by atoms with Gasteiger partial charge >= 0.3 is 6.01 Å². The minimum absolute atomic E-state index is 0.0583. The third-order valence-electron chi connectivity index (χ3n) is 6.26. The van der Waals surface area contributed by atoms with Gasteiger partial charge in [0.2, 0.25) is 0 Å². The molecule has 1 aliphatic rings. The number of nitrogens with zero attached hydrogens (tertiary/aromatic N) is 7. The highest BCUT2D eigenvalue weighted by molar-refractivity contribution is 5.60. The predicted octanol–water partition coefficient (Wildman–Crippen LogP) is 3.10. The van der Waals surface area contributed by atoms with Crippen LogP contribution in [0.5, 0.6) is 6.01 Å². The summed E-state index contributed by atoms with van der Waals surface area (Å²) in [5.74, 6) is 1.25. The maximum absolute atomic E-state index is 7.73. The Hall–Kier alpha value is -2.94. The number of aryl methyl sites for hydroxylation is 1. The van der Waals surface area contributed by atoms with Crippen molar-refractivity contribution in [1.82, 2.24) is 29.5 Å². The van der Waals surface area contributed by atoms with E-state index in [9.17, 15) is 0 Å². The first-order valence-corrected chi connectivity index (χ1v) is 11.6. The molecule has 9 nitrogen and oxygen atoms in total. The number of rotatable bonds is 8. The zero-order valence-electron chi connectivity index (χ0n) is 22.0. The molecule has 33 heavy (non-hydrogen) atoms. The summed E-state index contributed by atoms with van der Waals surface area (Å²) in [5.41, 5.74) is 9.61. The first kappa shape index (κ1) is 20.7. The summed E-state index contributed by atoms with van der Waals surface area (Å²) in [6.07, 6.45) is 7.26. The smallest absolute Gasteiger partial charge is 0.336 e. The van der Waals surface area contributed by atoms with Crippen molar-refractivity contribution < 1.29 is 7.48 Å². The molecule has 4 rings (SSSR count). The zero-order valence-corrected chi connectivity index (χ0v) is 20.0. The second-order valence-corrected chi connectivity index (χ2v) is 9.05. The molecule has 0 aromatic carbocycles. The molecule has 2 N–H and O–H groups in total. The van der Waals surface area contributed by atoms with Crippen LogP contribution in [-0.4, -0.2) is 68.8 Å². The number of piperidine rings is 1. The molecule has 3 aromatic rings. The molecule has 3 aromatic heterocycles. The third kappa shape index (κ3) is 5.19. The summed E-state index contributed by atoms with van der Waals surface area (Å²) >= 11 is 0. The Morgan fingerprint density at radius 2 is 2.06 bits per heavy atom. The van der Waals surface area contributed by atoms with Gasteiger partial charge in [0, 0.05) is 34.5 Å². The molecular formula is C24H36N8O. The van der Waals surface area contributed by atoms with E-state index in [0.717, 1.165) is 55.0 Å². The van der Waals surface area contributed by atoms with Crippen LogP contribution in [0.3, 0.4) is 0 Å². The average Bonchev–Trinajstić information content (AvgIpc) is 3.22. The van der Waals surface area contributed by atoms with Crippen molar-refractivity contribution in [2.24, 2.45) is 0 Å².